The summed E-state index contributed by atoms with van der Waals surface area (Å²) in [5.74, 6) is 0.848. The molecular weight excluding hydrogens is 330 g/mol. The lowest BCUT2D eigenvalue weighted by Gasteiger charge is -2.35. The molecule has 3 heterocycles. The number of aryl methyl sites for hydroxylation is 2. The van der Waals surface area contributed by atoms with E-state index in [0.717, 1.165) is 68.1 Å². The Morgan fingerprint density at radius 3 is 2.56 bits per heavy atom. The van der Waals surface area contributed by atoms with Crippen molar-refractivity contribution in [2.24, 2.45) is 5.92 Å². The van der Waals surface area contributed by atoms with E-state index < -0.39 is 0 Å². The van der Waals surface area contributed by atoms with Crippen molar-refractivity contribution < 1.29 is 4.74 Å². The van der Waals surface area contributed by atoms with E-state index in [2.05, 4.69) is 40.8 Å². The summed E-state index contributed by atoms with van der Waals surface area (Å²) >= 11 is 5.71. The summed E-state index contributed by atoms with van der Waals surface area (Å²) in [6, 6.07) is 4.28. The average molecular weight is 362 g/mol. The molecule has 0 spiro atoms. The Balaban J connectivity index is 1.41. The highest BCUT2D eigenvalue weighted by atomic mass is 32.1. The molecule has 4 nitrogen and oxygen atoms in total. The minimum Gasteiger partial charge on any atom is -0.379 e. The van der Waals surface area contributed by atoms with Gasteiger partial charge in [0.2, 0.25) is 0 Å². The number of thiocarbonyl (C=S) groups is 1. The van der Waals surface area contributed by atoms with E-state index in [9.17, 15) is 0 Å². The molecule has 3 rings (SSSR count). The molecule has 1 aromatic rings. The number of pyridine rings is 1. The molecule has 5 heteroatoms. The lowest BCUT2D eigenvalue weighted by molar-refractivity contribution is 0.0342. The fourth-order valence-corrected chi connectivity index (χ4v) is 4.27. The lowest BCUT2D eigenvalue weighted by Crippen LogP contribution is -2.40. The summed E-state index contributed by atoms with van der Waals surface area (Å²) in [5.41, 5.74) is 3.46. The van der Waals surface area contributed by atoms with Gasteiger partial charge in [-0.3, -0.25) is 9.88 Å². The first-order valence-corrected chi connectivity index (χ1v) is 10.0. The van der Waals surface area contributed by atoms with Gasteiger partial charge in [0.15, 0.2) is 0 Å². The zero-order valence-corrected chi connectivity index (χ0v) is 16.5. The molecule has 25 heavy (non-hydrogen) atoms. The molecular formula is C20H31N3OS. The van der Waals surface area contributed by atoms with E-state index in [-0.39, 0.29) is 0 Å². The van der Waals surface area contributed by atoms with Gasteiger partial charge in [0, 0.05) is 44.0 Å². The third kappa shape index (κ3) is 5.73. The van der Waals surface area contributed by atoms with Crippen LogP contribution in [0.5, 0.6) is 0 Å². The van der Waals surface area contributed by atoms with E-state index in [1.165, 1.54) is 31.4 Å². The first-order valence-electron chi connectivity index (χ1n) is 9.62. The highest BCUT2D eigenvalue weighted by molar-refractivity contribution is 7.80. The van der Waals surface area contributed by atoms with Gasteiger partial charge < -0.3 is 9.64 Å². The van der Waals surface area contributed by atoms with E-state index in [4.69, 9.17) is 17.0 Å². The number of nitrogens with zero attached hydrogens (tertiary/aromatic N) is 3. The van der Waals surface area contributed by atoms with Gasteiger partial charge in [-0.1, -0.05) is 12.2 Å². The Hall–Kier alpha value is -1.04. The molecule has 0 unspecified atom stereocenters. The molecule has 0 aliphatic carbocycles. The van der Waals surface area contributed by atoms with Crippen LogP contribution in [0, 0.1) is 19.8 Å². The molecule has 138 valence electrons. The SMILES string of the molecule is Cc1cc(C)nc(CC(=S)N2CCC(CCN3CCOCC3)CC2)c1. The van der Waals surface area contributed by atoms with E-state index in [1.807, 2.05) is 0 Å². The predicted octanol–water partition coefficient (Wildman–Crippen LogP) is 3.00. The molecule has 2 fully saturated rings. The predicted molar refractivity (Wildman–Crippen MR) is 106 cm³/mol. The van der Waals surface area contributed by atoms with Crippen molar-refractivity contribution in [3.8, 4) is 0 Å². The molecule has 2 saturated heterocycles. The Bertz CT molecular complexity index is 558. The van der Waals surface area contributed by atoms with Crippen molar-refractivity contribution in [3.63, 3.8) is 0 Å². The molecule has 0 amide bonds. The van der Waals surface area contributed by atoms with Gasteiger partial charge in [-0.15, -0.1) is 0 Å². The molecule has 0 N–H and O–H groups in total. The molecule has 0 atom stereocenters. The van der Waals surface area contributed by atoms with Crippen LogP contribution in [0.1, 0.15) is 36.2 Å². The largest absolute Gasteiger partial charge is 0.379 e. The summed E-state index contributed by atoms with van der Waals surface area (Å²) < 4.78 is 5.43. The number of aromatic nitrogens is 1. The fourth-order valence-electron chi connectivity index (χ4n) is 3.94. The molecule has 2 aliphatic heterocycles. The molecule has 0 saturated carbocycles. The van der Waals surface area contributed by atoms with Crippen LogP contribution < -0.4 is 0 Å². The van der Waals surface area contributed by atoms with E-state index >= 15 is 0 Å². The summed E-state index contributed by atoms with van der Waals surface area (Å²) in [4.78, 5) is 10.6. The third-order valence-electron chi connectivity index (χ3n) is 5.41. The van der Waals surface area contributed by atoms with Crippen molar-refractivity contribution in [1.29, 1.82) is 0 Å². The third-order valence-corrected chi connectivity index (χ3v) is 5.81. The minimum absolute atomic E-state index is 0.802. The summed E-state index contributed by atoms with van der Waals surface area (Å²) in [6.07, 6.45) is 4.66. The second kappa shape index (κ2) is 9.06. The van der Waals surface area contributed by atoms with Crippen LogP contribution >= 0.6 is 12.2 Å². The van der Waals surface area contributed by atoms with Crippen molar-refractivity contribution in [2.45, 2.75) is 39.5 Å². The zero-order chi connectivity index (χ0) is 17.6. The number of morpholine rings is 1. The smallest absolute Gasteiger partial charge is 0.0839 e. The minimum atomic E-state index is 0.802. The van der Waals surface area contributed by atoms with Gasteiger partial charge in [0.05, 0.1) is 18.2 Å². The van der Waals surface area contributed by atoms with Crippen molar-refractivity contribution in [1.82, 2.24) is 14.8 Å². The number of hydrogen-bond acceptors (Lipinski definition) is 4. The number of ether oxygens (including phenoxy) is 1. The monoisotopic (exact) mass is 361 g/mol. The van der Waals surface area contributed by atoms with E-state index in [0.29, 0.717) is 0 Å². The van der Waals surface area contributed by atoms with Crippen molar-refractivity contribution >= 4 is 17.2 Å². The van der Waals surface area contributed by atoms with Gasteiger partial charge in [0.1, 0.15) is 0 Å². The second-order valence-electron chi connectivity index (χ2n) is 7.52. The summed E-state index contributed by atoms with van der Waals surface area (Å²) in [6.45, 7) is 11.6. The first kappa shape index (κ1) is 18.7. The highest BCUT2D eigenvalue weighted by Gasteiger charge is 2.22. The standard InChI is InChI=1S/C20H31N3OS/c1-16-13-17(2)21-19(14-16)15-20(25)23-7-4-18(5-8-23)3-6-22-9-11-24-12-10-22/h13-14,18H,3-12,15H2,1-2H3. The molecule has 0 aromatic carbocycles. The second-order valence-corrected chi connectivity index (χ2v) is 7.99. The topological polar surface area (TPSA) is 28.6 Å². The number of hydrogen-bond donors (Lipinski definition) is 0. The van der Waals surface area contributed by atoms with Crippen LogP contribution in [0.2, 0.25) is 0 Å². The van der Waals surface area contributed by atoms with Crippen LogP contribution in [-0.2, 0) is 11.2 Å². The van der Waals surface area contributed by atoms with Gasteiger partial charge in [0.25, 0.3) is 0 Å². The zero-order valence-electron chi connectivity index (χ0n) is 15.7. The van der Waals surface area contributed by atoms with E-state index in [1.54, 1.807) is 0 Å². The van der Waals surface area contributed by atoms with Crippen LogP contribution in [0.4, 0.5) is 0 Å². The van der Waals surface area contributed by atoms with Crippen LogP contribution in [0.25, 0.3) is 0 Å². The Kier molecular flexibility index (Phi) is 6.79. The van der Waals surface area contributed by atoms with Crippen LogP contribution in [0.15, 0.2) is 12.1 Å². The van der Waals surface area contributed by atoms with Gasteiger partial charge >= 0.3 is 0 Å². The fraction of sp³-hybridized carbons (Fsp3) is 0.700. The lowest BCUT2D eigenvalue weighted by atomic mass is 9.93. The first-order chi connectivity index (χ1) is 12.1. The van der Waals surface area contributed by atoms with Crippen LogP contribution in [0.3, 0.4) is 0 Å². The maximum absolute atomic E-state index is 5.71. The maximum Gasteiger partial charge on any atom is 0.0839 e. The number of piperidine rings is 1. The maximum atomic E-state index is 5.71. The molecule has 2 aliphatic rings. The number of rotatable bonds is 5. The molecule has 0 bridgehead atoms. The van der Waals surface area contributed by atoms with Crippen molar-refractivity contribution in [2.75, 3.05) is 45.9 Å². The Morgan fingerprint density at radius 2 is 1.88 bits per heavy atom. The quantitative estimate of drug-likeness (QED) is 0.752. The molecule has 0 radical (unpaired) electrons. The molecule has 1 aromatic heterocycles. The highest BCUT2D eigenvalue weighted by Crippen LogP contribution is 2.22. The van der Waals surface area contributed by atoms with Gasteiger partial charge in [-0.05, 0) is 63.3 Å². The Labute approximate surface area is 157 Å². The average Bonchev–Trinajstić information content (AvgIpc) is 2.60. The normalized spacial score (nSPS) is 20.0. The van der Waals surface area contributed by atoms with Crippen LogP contribution in [-0.4, -0.2) is 65.7 Å². The van der Waals surface area contributed by atoms with Gasteiger partial charge in [-0.25, -0.2) is 0 Å². The van der Waals surface area contributed by atoms with Gasteiger partial charge in [-0.2, -0.15) is 0 Å². The Morgan fingerprint density at radius 1 is 1.16 bits per heavy atom. The van der Waals surface area contributed by atoms with Crippen molar-refractivity contribution in [3.05, 3.63) is 29.1 Å². The number of likely N-dealkylation sites (tertiary alicyclic amines) is 1. The summed E-state index contributed by atoms with van der Waals surface area (Å²) in [7, 11) is 0. The summed E-state index contributed by atoms with van der Waals surface area (Å²) in [5, 5.41) is 0.